The Labute approximate surface area is 82.5 Å². The molecule has 0 aromatic rings. The minimum absolute atomic E-state index is 0.751. The van der Waals surface area contributed by atoms with Crippen LogP contribution in [0.2, 0.25) is 0 Å². The predicted molar refractivity (Wildman–Crippen MR) is 56.7 cm³/mol. The Morgan fingerprint density at radius 2 is 1.77 bits per heavy atom. The van der Waals surface area contributed by atoms with Gasteiger partial charge in [0, 0.05) is 19.1 Å². The van der Waals surface area contributed by atoms with Gasteiger partial charge in [-0.15, -0.1) is 0 Å². The Morgan fingerprint density at radius 1 is 1.15 bits per heavy atom. The van der Waals surface area contributed by atoms with Crippen molar-refractivity contribution in [2.45, 2.75) is 46.6 Å². The van der Waals surface area contributed by atoms with E-state index in [1.165, 1.54) is 25.9 Å². The standard InChI is InChI=1S/C12H23N/c1-9(2)11-7-13(10(3)4)8-12(11)5-6-12/h9-11H,5-8H2,1-4H3/t11-/m1/s1. The van der Waals surface area contributed by atoms with E-state index in [0.717, 1.165) is 23.3 Å². The first-order chi connectivity index (χ1) is 6.05. The molecule has 1 atom stereocenters. The highest BCUT2D eigenvalue weighted by molar-refractivity contribution is 5.07. The average Bonchev–Trinajstić information content (AvgIpc) is 2.61. The summed E-state index contributed by atoms with van der Waals surface area (Å²) in [7, 11) is 0. The SMILES string of the molecule is CC(C)[C@H]1CN(C(C)C)CC12CC2. The zero-order valence-electron chi connectivity index (χ0n) is 9.51. The number of hydrogen-bond acceptors (Lipinski definition) is 1. The first kappa shape index (κ1) is 9.51. The third kappa shape index (κ3) is 1.52. The summed E-state index contributed by atoms with van der Waals surface area (Å²) >= 11 is 0. The van der Waals surface area contributed by atoms with Gasteiger partial charge in [-0.25, -0.2) is 0 Å². The van der Waals surface area contributed by atoms with Crippen LogP contribution in [0.4, 0.5) is 0 Å². The lowest BCUT2D eigenvalue weighted by Gasteiger charge is -2.21. The fraction of sp³-hybridized carbons (Fsp3) is 1.00. The van der Waals surface area contributed by atoms with Crippen molar-refractivity contribution in [3.63, 3.8) is 0 Å². The zero-order chi connectivity index (χ0) is 9.64. The first-order valence-electron chi connectivity index (χ1n) is 5.79. The minimum Gasteiger partial charge on any atom is -0.300 e. The summed E-state index contributed by atoms with van der Waals surface area (Å²) in [4.78, 5) is 2.68. The van der Waals surface area contributed by atoms with E-state index in [-0.39, 0.29) is 0 Å². The lowest BCUT2D eigenvalue weighted by atomic mass is 9.84. The molecule has 2 rings (SSSR count). The molecule has 0 N–H and O–H groups in total. The second-order valence-corrected chi connectivity index (χ2v) is 5.74. The van der Waals surface area contributed by atoms with E-state index in [0.29, 0.717) is 0 Å². The molecule has 0 amide bonds. The Morgan fingerprint density at radius 3 is 2.08 bits per heavy atom. The quantitative estimate of drug-likeness (QED) is 0.633. The fourth-order valence-corrected chi connectivity index (χ4v) is 3.03. The highest BCUT2D eigenvalue weighted by atomic mass is 15.2. The molecule has 2 fully saturated rings. The van der Waals surface area contributed by atoms with Crippen LogP contribution in [-0.2, 0) is 0 Å². The topological polar surface area (TPSA) is 3.24 Å². The lowest BCUT2D eigenvalue weighted by molar-refractivity contribution is 0.253. The van der Waals surface area contributed by atoms with Crippen molar-refractivity contribution in [3.8, 4) is 0 Å². The summed E-state index contributed by atoms with van der Waals surface area (Å²) in [5.74, 6) is 1.86. The molecule has 1 heterocycles. The van der Waals surface area contributed by atoms with Crippen molar-refractivity contribution in [2.75, 3.05) is 13.1 Å². The van der Waals surface area contributed by atoms with Crippen molar-refractivity contribution in [2.24, 2.45) is 17.3 Å². The molecular formula is C12H23N. The molecular weight excluding hydrogens is 158 g/mol. The van der Waals surface area contributed by atoms with Gasteiger partial charge in [0.25, 0.3) is 0 Å². The summed E-state index contributed by atoms with van der Waals surface area (Å²) < 4.78 is 0. The summed E-state index contributed by atoms with van der Waals surface area (Å²) in [6.07, 6.45) is 3.00. The molecule has 0 radical (unpaired) electrons. The lowest BCUT2D eigenvalue weighted by Crippen LogP contribution is -2.29. The number of rotatable bonds is 2. The van der Waals surface area contributed by atoms with Crippen molar-refractivity contribution in [1.29, 1.82) is 0 Å². The van der Waals surface area contributed by atoms with Gasteiger partial charge in [-0.05, 0) is 43.9 Å². The van der Waals surface area contributed by atoms with Gasteiger partial charge in [0.05, 0.1) is 0 Å². The molecule has 1 saturated carbocycles. The van der Waals surface area contributed by atoms with Crippen LogP contribution in [0.5, 0.6) is 0 Å². The smallest absolute Gasteiger partial charge is 0.00440 e. The van der Waals surface area contributed by atoms with E-state index in [4.69, 9.17) is 0 Å². The highest BCUT2D eigenvalue weighted by Crippen LogP contribution is 2.58. The molecule has 1 aliphatic heterocycles. The third-order valence-electron chi connectivity index (χ3n) is 4.16. The van der Waals surface area contributed by atoms with E-state index in [2.05, 4.69) is 32.6 Å². The van der Waals surface area contributed by atoms with Crippen LogP contribution >= 0.6 is 0 Å². The molecule has 13 heavy (non-hydrogen) atoms. The van der Waals surface area contributed by atoms with E-state index >= 15 is 0 Å². The molecule has 76 valence electrons. The molecule has 1 spiro atoms. The van der Waals surface area contributed by atoms with Crippen LogP contribution in [0.15, 0.2) is 0 Å². The van der Waals surface area contributed by atoms with Crippen LogP contribution in [-0.4, -0.2) is 24.0 Å². The van der Waals surface area contributed by atoms with E-state index < -0.39 is 0 Å². The van der Waals surface area contributed by atoms with E-state index in [1.807, 2.05) is 0 Å². The number of likely N-dealkylation sites (tertiary alicyclic amines) is 1. The molecule has 0 unspecified atom stereocenters. The van der Waals surface area contributed by atoms with Crippen molar-refractivity contribution < 1.29 is 0 Å². The van der Waals surface area contributed by atoms with Crippen molar-refractivity contribution in [3.05, 3.63) is 0 Å². The van der Waals surface area contributed by atoms with Gasteiger partial charge in [0.15, 0.2) is 0 Å². The second-order valence-electron chi connectivity index (χ2n) is 5.74. The maximum Gasteiger partial charge on any atom is 0.00440 e. The molecule has 0 aromatic carbocycles. The monoisotopic (exact) mass is 181 g/mol. The molecule has 1 heteroatoms. The Kier molecular flexibility index (Phi) is 2.18. The predicted octanol–water partition coefficient (Wildman–Crippen LogP) is 2.76. The van der Waals surface area contributed by atoms with Crippen molar-refractivity contribution in [1.82, 2.24) is 4.90 Å². The van der Waals surface area contributed by atoms with Crippen LogP contribution in [0, 0.1) is 17.3 Å². The molecule has 0 aromatic heterocycles. The Balaban J connectivity index is 2.05. The highest BCUT2D eigenvalue weighted by Gasteiger charge is 2.55. The summed E-state index contributed by atoms with van der Waals surface area (Å²) in [6.45, 7) is 12.2. The number of hydrogen-bond donors (Lipinski definition) is 0. The summed E-state index contributed by atoms with van der Waals surface area (Å²) in [5, 5.41) is 0. The van der Waals surface area contributed by atoms with Crippen LogP contribution in [0.1, 0.15) is 40.5 Å². The zero-order valence-corrected chi connectivity index (χ0v) is 9.51. The van der Waals surface area contributed by atoms with E-state index in [9.17, 15) is 0 Å². The molecule has 1 aliphatic carbocycles. The normalized spacial score (nSPS) is 32.3. The van der Waals surface area contributed by atoms with Gasteiger partial charge < -0.3 is 4.90 Å². The second kappa shape index (κ2) is 2.98. The van der Waals surface area contributed by atoms with E-state index in [1.54, 1.807) is 0 Å². The van der Waals surface area contributed by atoms with Gasteiger partial charge in [0.1, 0.15) is 0 Å². The van der Waals surface area contributed by atoms with Gasteiger partial charge in [-0.2, -0.15) is 0 Å². The van der Waals surface area contributed by atoms with Gasteiger partial charge in [-0.3, -0.25) is 0 Å². The molecule has 1 saturated heterocycles. The molecule has 2 aliphatic rings. The first-order valence-corrected chi connectivity index (χ1v) is 5.79. The van der Waals surface area contributed by atoms with Crippen LogP contribution in [0.25, 0.3) is 0 Å². The third-order valence-corrected chi connectivity index (χ3v) is 4.16. The average molecular weight is 181 g/mol. The van der Waals surface area contributed by atoms with Gasteiger partial charge >= 0.3 is 0 Å². The maximum absolute atomic E-state index is 2.68. The number of nitrogens with zero attached hydrogens (tertiary/aromatic N) is 1. The van der Waals surface area contributed by atoms with Crippen LogP contribution in [0.3, 0.4) is 0 Å². The Bertz CT molecular complexity index is 191. The van der Waals surface area contributed by atoms with Gasteiger partial charge in [-0.1, -0.05) is 13.8 Å². The Hall–Kier alpha value is -0.0400. The maximum atomic E-state index is 2.68. The van der Waals surface area contributed by atoms with Gasteiger partial charge in [0.2, 0.25) is 0 Å². The minimum atomic E-state index is 0.751. The van der Waals surface area contributed by atoms with Crippen LogP contribution < -0.4 is 0 Å². The summed E-state index contributed by atoms with van der Waals surface area (Å²) in [5.41, 5.74) is 0.762. The van der Waals surface area contributed by atoms with Crippen molar-refractivity contribution >= 4 is 0 Å². The largest absolute Gasteiger partial charge is 0.300 e. The molecule has 1 nitrogen and oxygen atoms in total. The summed E-state index contributed by atoms with van der Waals surface area (Å²) in [6, 6.07) is 0.751. The molecule has 0 bridgehead atoms. The fourth-order valence-electron chi connectivity index (χ4n) is 3.03.